The number of para-hydroxylation sites is 1. The number of hydrogen-bond acceptors (Lipinski definition) is 5. The second-order valence-electron chi connectivity index (χ2n) is 6.90. The van der Waals surface area contributed by atoms with Crippen LogP contribution in [0.25, 0.3) is 0 Å². The van der Waals surface area contributed by atoms with E-state index in [4.69, 9.17) is 4.42 Å². The summed E-state index contributed by atoms with van der Waals surface area (Å²) in [4.78, 5) is 31.5. The molecule has 1 aliphatic rings. The lowest BCUT2D eigenvalue weighted by atomic mass is 9.98. The third kappa shape index (κ3) is 3.57. The number of aryl methyl sites for hydroxylation is 3. The number of carbonyl (C=O) groups excluding carboxylic acids is 2. The van der Waals surface area contributed by atoms with Crippen molar-refractivity contribution >= 4 is 34.0 Å². The van der Waals surface area contributed by atoms with Crippen molar-refractivity contribution in [3.8, 4) is 0 Å². The Morgan fingerprint density at radius 1 is 1.29 bits per heavy atom. The Morgan fingerprint density at radius 2 is 2.14 bits per heavy atom. The molecule has 3 aromatic rings. The van der Waals surface area contributed by atoms with Crippen molar-refractivity contribution < 1.29 is 14.0 Å². The molecule has 1 aromatic carbocycles. The molecule has 4 rings (SSSR count). The highest BCUT2D eigenvalue weighted by molar-refractivity contribution is 7.14. The summed E-state index contributed by atoms with van der Waals surface area (Å²) in [6.45, 7) is 4.50. The Labute approximate surface area is 167 Å². The number of nitrogens with one attached hydrogen (secondary N) is 1. The van der Waals surface area contributed by atoms with Gasteiger partial charge in [-0.05, 0) is 43.9 Å². The third-order valence-corrected chi connectivity index (χ3v) is 5.73. The molecule has 2 amide bonds. The molecule has 6 nitrogen and oxygen atoms in total. The van der Waals surface area contributed by atoms with Crippen LogP contribution in [0.2, 0.25) is 0 Å². The third-order valence-electron chi connectivity index (χ3n) is 4.93. The summed E-state index contributed by atoms with van der Waals surface area (Å²) in [6.07, 6.45) is 3.66. The summed E-state index contributed by atoms with van der Waals surface area (Å²) in [5.41, 5.74) is 4.52. The number of anilines is 2. The highest BCUT2D eigenvalue weighted by Crippen LogP contribution is 2.31. The van der Waals surface area contributed by atoms with Gasteiger partial charge in [0, 0.05) is 17.6 Å². The molecule has 7 heteroatoms. The average Bonchev–Trinajstić information content (AvgIpc) is 3.30. The first kappa shape index (κ1) is 18.4. The van der Waals surface area contributed by atoms with E-state index in [9.17, 15) is 9.59 Å². The van der Waals surface area contributed by atoms with Gasteiger partial charge in [0.2, 0.25) is 5.91 Å². The maximum atomic E-state index is 12.9. The molecule has 0 fully saturated rings. The smallest absolute Gasteiger partial charge is 0.260 e. The second kappa shape index (κ2) is 7.59. The number of furan rings is 1. The van der Waals surface area contributed by atoms with E-state index >= 15 is 0 Å². The molecule has 1 N–H and O–H groups in total. The molecule has 0 saturated heterocycles. The van der Waals surface area contributed by atoms with Gasteiger partial charge >= 0.3 is 0 Å². The number of aromatic nitrogens is 1. The molecule has 2 aromatic heterocycles. The van der Waals surface area contributed by atoms with E-state index in [0.717, 1.165) is 30.6 Å². The molecular formula is C21H21N3O3S. The van der Waals surface area contributed by atoms with Crippen molar-refractivity contribution in [2.45, 2.75) is 33.1 Å². The molecule has 0 saturated carbocycles. The highest BCUT2D eigenvalue weighted by Gasteiger charge is 2.24. The van der Waals surface area contributed by atoms with E-state index in [-0.39, 0.29) is 18.2 Å². The van der Waals surface area contributed by atoms with E-state index in [1.165, 1.54) is 23.2 Å². The minimum atomic E-state index is -0.265. The average molecular weight is 395 g/mol. The summed E-state index contributed by atoms with van der Waals surface area (Å²) in [7, 11) is 0. The van der Waals surface area contributed by atoms with E-state index in [2.05, 4.69) is 16.4 Å². The number of nitrogens with zero attached hydrogens (tertiary/aromatic N) is 2. The largest absolute Gasteiger partial charge is 0.469 e. The fourth-order valence-corrected chi connectivity index (χ4v) is 4.28. The van der Waals surface area contributed by atoms with Crippen molar-refractivity contribution in [2.24, 2.45) is 0 Å². The highest BCUT2D eigenvalue weighted by atomic mass is 32.1. The predicted molar refractivity (Wildman–Crippen MR) is 109 cm³/mol. The van der Waals surface area contributed by atoms with Gasteiger partial charge in [0.05, 0.1) is 23.9 Å². The molecule has 0 bridgehead atoms. The normalized spacial score (nSPS) is 13.3. The van der Waals surface area contributed by atoms with E-state index in [1.54, 1.807) is 13.0 Å². The fraction of sp³-hybridized carbons (Fsp3) is 0.286. The fourth-order valence-electron chi connectivity index (χ4n) is 3.58. The SMILES string of the molecule is Cc1cccc2c1N(C(=O)Cc1csc(NC(=O)c3ccoc3C)n1)CCC2. The van der Waals surface area contributed by atoms with Crippen LogP contribution in [-0.2, 0) is 17.6 Å². The molecule has 0 aliphatic carbocycles. The monoisotopic (exact) mass is 395 g/mol. The molecule has 0 unspecified atom stereocenters. The Balaban J connectivity index is 1.46. The lowest BCUT2D eigenvalue weighted by Gasteiger charge is -2.31. The van der Waals surface area contributed by atoms with Gasteiger partial charge in [0.25, 0.3) is 5.91 Å². The zero-order chi connectivity index (χ0) is 19.7. The lowest BCUT2D eigenvalue weighted by Crippen LogP contribution is -2.37. The Kier molecular flexibility index (Phi) is 5.00. The van der Waals surface area contributed by atoms with E-state index in [1.807, 2.05) is 29.3 Å². The number of carbonyl (C=O) groups is 2. The van der Waals surface area contributed by atoms with Gasteiger partial charge in [-0.25, -0.2) is 4.98 Å². The summed E-state index contributed by atoms with van der Waals surface area (Å²) >= 11 is 1.31. The van der Waals surface area contributed by atoms with Crippen LogP contribution in [0.1, 0.15) is 39.4 Å². The summed E-state index contributed by atoms with van der Waals surface area (Å²) < 4.78 is 5.16. The van der Waals surface area contributed by atoms with Crippen LogP contribution in [0, 0.1) is 13.8 Å². The second-order valence-corrected chi connectivity index (χ2v) is 7.76. The molecule has 3 heterocycles. The molecular weight excluding hydrogens is 374 g/mol. The maximum absolute atomic E-state index is 12.9. The van der Waals surface area contributed by atoms with Crippen LogP contribution in [0.4, 0.5) is 10.8 Å². The zero-order valence-electron chi connectivity index (χ0n) is 15.8. The number of amides is 2. The van der Waals surface area contributed by atoms with Crippen molar-refractivity contribution in [3.05, 3.63) is 64.1 Å². The molecule has 1 aliphatic heterocycles. The maximum Gasteiger partial charge on any atom is 0.260 e. The standard InChI is InChI=1S/C21H21N3O3S/c1-13-5-3-6-15-7-4-9-24(19(13)15)18(25)11-16-12-28-21(22-16)23-20(26)17-8-10-27-14(17)2/h3,5-6,8,10,12H,4,7,9,11H2,1-2H3,(H,22,23,26). The first-order valence-corrected chi connectivity index (χ1v) is 10.1. The van der Waals surface area contributed by atoms with Crippen molar-refractivity contribution in [1.82, 2.24) is 4.98 Å². The molecule has 144 valence electrons. The summed E-state index contributed by atoms with van der Waals surface area (Å²) in [6, 6.07) is 7.80. The predicted octanol–water partition coefficient (Wildman–Crippen LogP) is 4.13. The number of fused-ring (bicyclic) bond motifs is 1. The Morgan fingerprint density at radius 3 is 2.93 bits per heavy atom. The van der Waals surface area contributed by atoms with Crippen LogP contribution in [-0.4, -0.2) is 23.3 Å². The number of hydrogen-bond donors (Lipinski definition) is 1. The van der Waals surface area contributed by atoms with E-state index in [0.29, 0.717) is 22.1 Å². The van der Waals surface area contributed by atoms with Crippen LogP contribution in [0.3, 0.4) is 0 Å². The van der Waals surface area contributed by atoms with Gasteiger partial charge < -0.3 is 9.32 Å². The molecule has 0 atom stereocenters. The molecule has 0 radical (unpaired) electrons. The van der Waals surface area contributed by atoms with Crippen LogP contribution < -0.4 is 10.2 Å². The van der Waals surface area contributed by atoms with Crippen molar-refractivity contribution in [3.63, 3.8) is 0 Å². The lowest BCUT2D eigenvalue weighted by molar-refractivity contribution is -0.118. The first-order valence-electron chi connectivity index (χ1n) is 9.21. The van der Waals surface area contributed by atoms with Crippen molar-refractivity contribution in [1.29, 1.82) is 0 Å². The minimum absolute atomic E-state index is 0.0316. The topological polar surface area (TPSA) is 75.4 Å². The van der Waals surface area contributed by atoms with Gasteiger partial charge in [-0.15, -0.1) is 11.3 Å². The zero-order valence-corrected chi connectivity index (χ0v) is 16.6. The van der Waals surface area contributed by atoms with Crippen LogP contribution in [0.15, 0.2) is 40.3 Å². The van der Waals surface area contributed by atoms with E-state index < -0.39 is 0 Å². The van der Waals surface area contributed by atoms with Gasteiger partial charge in [-0.1, -0.05) is 18.2 Å². The van der Waals surface area contributed by atoms with Gasteiger partial charge in [0.15, 0.2) is 5.13 Å². The van der Waals surface area contributed by atoms with Crippen LogP contribution >= 0.6 is 11.3 Å². The quantitative estimate of drug-likeness (QED) is 0.721. The van der Waals surface area contributed by atoms with Gasteiger partial charge in [-0.2, -0.15) is 0 Å². The van der Waals surface area contributed by atoms with Gasteiger partial charge in [0.1, 0.15) is 5.76 Å². The Hall–Kier alpha value is -2.93. The van der Waals surface area contributed by atoms with Crippen molar-refractivity contribution in [2.75, 3.05) is 16.8 Å². The number of thiazole rings is 1. The molecule has 0 spiro atoms. The number of rotatable bonds is 4. The first-order chi connectivity index (χ1) is 13.5. The van der Waals surface area contributed by atoms with Crippen LogP contribution in [0.5, 0.6) is 0 Å². The molecule has 28 heavy (non-hydrogen) atoms. The van der Waals surface area contributed by atoms with Gasteiger partial charge in [-0.3, -0.25) is 14.9 Å². The summed E-state index contributed by atoms with van der Waals surface area (Å²) in [5, 5.41) is 5.06. The summed E-state index contributed by atoms with van der Waals surface area (Å²) in [5.74, 6) is 0.326. The Bertz CT molecular complexity index is 1040. The number of benzene rings is 1. The minimum Gasteiger partial charge on any atom is -0.469 e.